The first-order chi connectivity index (χ1) is 9.32. The molecule has 5 heteroatoms. The molecule has 2 nitrogen and oxygen atoms in total. The number of halogens is 3. The molecule has 1 heterocycles. The zero-order valence-electron chi connectivity index (χ0n) is 11.8. The highest BCUT2D eigenvalue weighted by atomic mass is 19.4. The Labute approximate surface area is 117 Å². The molecule has 0 aliphatic carbocycles. The Bertz CT molecular complexity index is 443. The smallest absolute Gasteiger partial charge is 0.383 e. The van der Waals surface area contributed by atoms with Gasteiger partial charge >= 0.3 is 6.18 Å². The van der Waals surface area contributed by atoms with Gasteiger partial charge in [-0.1, -0.05) is 12.1 Å². The Morgan fingerprint density at radius 3 is 2.50 bits per heavy atom. The summed E-state index contributed by atoms with van der Waals surface area (Å²) in [5.74, 6) is 0.437. The molecule has 1 aliphatic rings. The van der Waals surface area contributed by atoms with E-state index in [0.29, 0.717) is 12.5 Å². The summed E-state index contributed by atoms with van der Waals surface area (Å²) in [6, 6.07) is 5.47. The van der Waals surface area contributed by atoms with Crippen LogP contribution in [0, 0.1) is 5.92 Å². The normalized spacial score (nSPS) is 26.9. The summed E-state index contributed by atoms with van der Waals surface area (Å²) >= 11 is 0. The predicted molar refractivity (Wildman–Crippen MR) is 71.5 cm³/mol. The molecule has 0 amide bonds. The number of benzene rings is 1. The van der Waals surface area contributed by atoms with Crippen molar-refractivity contribution in [1.82, 2.24) is 5.32 Å². The lowest BCUT2D eigenvalue weighted by Gasteiger charge is -2.23. The topological polar surface area (TPSA) is 21.3 Å². The standard InChI is InChI=1S/C15H20F3NO/c1-14(10-20-2)8-12(9-19-14)7-11-3-5-13(6-4-11)15(16,17)18/h3-6,12,19H,7-10H2,1-2H3. The van der Waals surface area contributed by atoms with Crippen molar-refractivity contribution in [2.45, 2.75) is 31.5 Å². The quantitative estimate of drug-likeness (QED) is 0.917. The fraction of sp³-hybridized carbons (Fsp3) is 0.600. The first-order valence-electron chi connectivity index (χ1n) is 6.72. The van der Waals surface area contributed by atoms with Crippen molar-refractivity contribution in [3.63, 3.8) is 0 Å². The van der Waals surface area contributed by atoms with Crippen LogP contribution < -0.4 is 5.32 Å². The molecule has 20 heavy (non-hydrogen) atoms. The Kier molecular flexibility index (Phi) is 4.39. The average Bonchev–Trinajstić information content (AvgIpc) is 2.71. The number of ether oxygens (including phenoxy) is 1. The fourth-order valence-electron chi connectivity index (χ4n) is 2.91. The summed E-state index contributed by atoms with van der Waals surface area (Å²) in [7, 11) is 1.68. The van der Waals surface area contributed by atoms with Crippen molar-refractivity contribution in [2.75, 3.05) is 20.3 Å². The molecule has 2 rings (SSSR count). The van der Waals surface area contributed by atoms with Crippen LogP contribution in [0.15, 0.2) is 24.3 Å². The summed E-state index contributed by atoms with van der Waals surface area (Å²) < 4.78 is 42.7. The van der Waals surface area contributed by atoms with E-state index < -0.39 is 11.7 Å². The highest BCUT2D eigenvalue weighted by Gasteiger charge is 2.34. The molecule has 0 radical (unpaired) electrons. The maximum absolute atomic E-state index is 12.5. The minimum absolute atomic E-state index is 0.0225. The molecular weight excluding hydrogens is 267 g/mol. The Balaban J connectivity index is 1.95. The van der Waals surface area contributed by atoms with E-state index >= 15 is 0 Å². The van der Waals surface area contributed by atoms with Crippen LogP contribution in [0.25, 0.3) is 0 Å². The van der Waals surface area contributed by atoms with E-state index in [2.05, 4.69) is 12.2 Å². The van der Waals surface area contributed by atoms with E-state index in [1.807, 2.05) is 0 Å². The number of hydrogen-bond donors (Lipinski definition) is 1. The zero-order valence-corrected chi connectivity index (χ0v) is 11.8. The predicted octanol–water partition coefficient (Wildman–Crippen LogP) is 3.26. The summed E-state index contributed by atoms with van der Waals surface area (Å²) in [6.45, 7) is 3.64. The number of hydrogen-bond acceptors (Lipinski definition) is 2. The van der Waals surface area contributed by atoms with Crippen LogP contribution in [0.2, 0.25) is 0 Å². The van der Waals surface area contributed by atoms with Crippen LogP contribution in [0.5, 0.6) is 0 Å². The molecule has 0 saturated carbocycles. The van der Waals surface area contributed by atoms with Crippen LogP contribution in [0.1, 0.15) is 24.5 Å². The van der Waals surface area contributed by atoms with Gasteiger partial charge in [0.2, 0.25) is 0 Å². The fourth-order valence-corrected chi connectivity index (χ4v) is 2.91. The molecule has 2 atom stereocenters. The van der Waals surface area contributed by atoms with Crippen molar-refractivity contribution in [2.24, 2.45) is 5.92 Å². The molecule has 112 valence electrons. The number of alkyl halides is 3. The van der Waals surface area contributed by atoms with Crippen molar-refractivity contribution in [3.8, 4) is 0 Å². The molecule has 1 saturated heterocycles. The van der Waals surface area contributed by atoms with Gasteiger partial charge in [0.05, 0.1) is 12.2 Å². The molecule has 0 bridgehead atoms. The maximum atomic E-state index is 12.5. The van der Waals surface area contributed by atoms with Gasteiger partial charge in [0, 0.05) is 12.6 Å². The Hall–Kier alpha value is -1.07. The number of rotatable bonds is 4. The lowest BCUT2D eigenvalue weighted by molar-refractivity contribution is -0.137. The van der Waals surface area contributed by atoms with Gasteiger partial charge in [0.15, 0.2) is 0 Å². The molecule has 1 fully saturated rings. The molecular formula is C15H20F3NO. The van der Waals surface area contributed by atoms with Gasteiger partial charge in [-0.15, -0.1) is 0 Å². The van der Waals surface area contributed by atoms with E-state index in [1.165, 1.54) is 0 Å². The minimum atomic E-state index is -4.26. The molecule has 0 spiro atoms. The second kappa shape index (κ2) is 5.74. The van der Waals surface area contributed by atoms with Crippen LogP contribution >= 0.6 is 0 Å². The molecule has 1 aromatic carbocycles. The van der Waals surface area contributed by atoms with Gasteiger partial charge in [-0.2, -0.15) is 13.2 Å². The summed E-state index contributed by atoms with van der Waals surface area (Å²) in [4.78, 5) is 0. The average molecular weight is 287 g/mol. The van der Waals surface area contributed by atoms with Gasteiger partial charge < -0.3 is 10.1 Å². The molecule has 0 aromatic heterocycles. The Morgan fingerprint density at radius 2 is 1.95 bits per heavy atom. The first kappa shape index (κ1) is 15.3. The van der Waals surface area contributed by atoms with Gasteiger partial charge in [0.25, 0.3) is 0 Å². The maximum Gasteiger partial charge on any atom is 0.416 e. The minimum Gasteiger partial charge on any atom is -0.383 e. The SMILES string of the molecule is COCC1(C)CC(Cc2ccc(C(F)(F)F)cc2)CN1. The van der Waals surface area contributed by atoms with Crippen molar-refractivity contribution < 1.29 is 17.9 Å². The Morgan fingerprint density at radius 1 is 1.30 bits per heavy atom. The van der Waals surface area contributed by atoms with Crippen LogP contribution in [0.3, 0.4) is 0 Å². The number of nitrogens with one attached hydrogen (secondary N) is 1. The lowest BCUT2D eigenvalue weighted by atomic mass is 9.91. The van der Waals surface area contributed by atoms with Gasteiger partial charge in [0.1, 0.15) is 0 Å². The van der Waals surface area contributed by atoms with Gasteiger partial charge in [-0.25, -0.2) is 0 Å². The van der Waals surface area contributed by atoms with Crippen LogP contribution in [-0.4, -0.2) is 25.8 Å². The van der Waals surface area contributed by atoms with E-state index in [1.54, 1.807) is 19.2 Å². The first-order valence-corrected chi connectivity index (χ1v) is 6.72. The molecule has 1 aliphatic heterocycles. The monoisotopic (exact) mass is 287 g/mol. The van der Waals surface area contributed by atoms with E-state index in [-0.39, 0.29) is 5.54 Å². The van der Waals surface area contributed by atoms with Gasteiger partial charge in [-0.3, -0.25) is 0 Å². The second-order valence-corrected chi connectivity index (χ2v) is 5.84. The van der Waals surface area contributed by atoms with Crippen molar-refractivity contribution in [3.05, 3.63) is 35.4 Å². The third-order valence-electron chi connectivity index (χ3n) is 3.83. The summed E-state index contributed by atoms with van der Waals surface area (Å²) in [6.07, 6.45) is -2.49. The van der Waals surface area contributed by atoms with Gasteiger partial charge in [-0.05, 0) is 49.9 Å². The van der Waals surface area contributed by atoms with E-state index in [9.17, 15) is 13.2 Å². The summed E-state index contributed by atoms with van der Waals surface area (Å²) in [5, 5.41) is 3.43. The van der Waals surface area contributed by atoms with E-state index in [0.717, 1.165) is 37.1 Å². The van der Waals surface area contributed by atoms with Crippen LogP contribution in [0.4, 0.5) is 13.2 Å². The highest BCUT2D eigenvalue weighted by molar-refractivity contribution is 5.25. The molecule has 1 aromatic rings. The zero-order chi connectivity index (χ0) is 14.8. The van der Waals surface area contributed by atoms with Crippen molar-refractivity contribution >= 4 is 0 Å². The highest BCUT2D eigenvalue weighted by Crippen LogP contribution is 2.31. The number of methoxy groups -OCH3 is 1. The van der Waals surface area contributed by atoms with Crippen LogP contribution in [-0.2, 0) is 17.3 Å². The third kappa shape index (κ3) is 3.73. The molecule has 2 unspecified atom stereocenters. The summed E-state index contributed by atoms with van der Waals surface area (Å²) in [5.41, 5.74) is 0.340. The second-order valence-electron chi connectivity index (χ2n) is 5.84. The third-order valence-corrected chi connectivity index (χ3v) is 3.83. The van der Waals surface area contributed by atoms with Crippen molar-refractivity contribution in [1.29, 1.82) is 0 Å². The van der Waals surface area contributed by atoms with E-state index in [4.69, 9.17) is 4.74 Å². The lowest BCUT2D eigenvalue weighted by Crippen LogP contribution is -2.40. The largest absolute Gasteiger partial charge is 0.416 e. The molecule has 1 N–H and O–H groups in total.